The standard InChI is InChI=1S/C14H17FO4/c1-2-17-13-11(6-3-7-12(13)15)14(16)19-9-10-5-4-8-18-10/h3,6-7,10H,2,4-5,8-9H2,1H3/t10-/m0/s1. The van der Waals surface area contributed by atoms with Gasteiger partial charge in [-0.2, -0.15) is 0 Å². The number of carbonyl (C=O) groups excluding carboxylic acids is 1. The molecule has 1 aliphatic heterocycles. The number of benzene rings is 1. The third-order valence-electron chi connectivity index (χ3n) is 2.90. The number of rotatable bonds is 5. The second-order valence-electron chi connectivity index (χ2n) is 4.28. The van der Waals surface area contributed by atoms with Crippen molar-refractivity contribution in [3.63, 3.8) is 0 Å². The number of hydrogen-bond donors (Lipinski definition) is 0. The smallest absolute Gasteiger partial charge is 0.342 e. The van der Waals surface area contributed by atoms with E-state index in [0.29, 0.717) is 6.61 Å². The van der Waals surface area contributed by atoms with Gasteiger partial charge in [-0.1, -0.05) is 6.07 Å². The van der Waals surface area contributed by atoms with Crippen LogP contribution in [0.15, 0.2) is 18.2 Å². The van der Waals surface area contributed by atoms with Crippen molar-refractivity contribution in [2.24, 2.45) is 0 Å². The number of esters is 1. The van der Waals surface area contributed by atoms with Crippen molar-refractivity contribution in [2.45, 2.75) is 25.9 Å². The summed E-state index contributed by atoms with van der Waals surface area (Å²) in [6, 6.07) is 4.20. The van der Waals surface area contributed by atoms with Crippen molar-refractivity contribution in [3.8, 4) is 5.75 Å². The van der Waals surface area contributed by atoms with Crippen molar-refractivity contribution in [1.29, 1.82) is 0 Å². The molecule has 104 valence electrons. The molecule has 0 radical (unpaired) electrons. The van der Waals surface area contributed by atoms with Crippen LogP contribution in [0.1, 0.15) is 30.1 Å². The fourth-order valence-electron chi connectivity index (χ4n) is 1.98. The van der Waals surface area contributed by atoms with Crippen LogP contribution in [0.25, 0.3) is 0 Å². The van der Waals surface area contributed by atoms with Crippen molar-refractivity contribution in [3.05, 3.63) is 29.6 Å². The van der Waals surface area contributed by atoms with Crippen LogP contribution < -0.4 is 4.74 Å². The molecule has 2 rings (SSSR count). The largest absolute Gasteiger partial charge is 0.490 e. The highest BCUT2D eigenvalue weighted by atomic mass is 19.1. The van der Waals surface area contributed by atoms with E-state index in [0.717, 1.165) is 12.8 Å². The third-order valence-corrected chi connectivity index (χ3v) is 2.90. The van der Waals surface area contributed by atoms with E-state index >= 15 is 0 Å². The zero-order valence-electron chi connectivity index (χ0n) is 10.9. The van der Waals surface area contributed by atoms with Gasteiger partial charge in [0.25, 0.3) is 0 Å². The predicted octanol–water partition coefficient (Wildman–Crippen LogP) is 2.56. The van der Waals surface area contributed by atoms with Gasteiger partial charge in [-0.3, -0.25) is 0 Å². The summed E-state index contributed by atoms with van der Waals surface area (Å²) in [6.07, 6.45) is 1.81. The second-order valence-corrected chi connectivity index (χ2v) is 4.28. The molecule has 0 N–H and O–H groups in total. The molecule has 0 bridgehead atoms. The first-order valence-corrected chi connectivity index (χ1v) is 6.42. The summed E-state index contributed by atoms with van der Waals surface area (Å²) in [5.41, 5.74) is 0.111. The molecule has 0 saturated carbocycles. The first-order valence-electron chi connectivity index (χ1n) is 6.42. The number of halogens is 1. The van der Waals surface area contributed by atoms with E-state index in [-0.39, 0.29) is 30.6 Å². The highest BCUT2D eigenvalue weighted by molar-refractivity contribution is 5.92. The van der Waals surface area contributed by atoms with Crippen LogP contribution in [0.3, 0.4) is 0 Å². The van der Waals surface area contributed by atoms with Crippen molar-refractivity contribution < 1.29 is 23.4 Å². The number of para-hydroxylation sites is 1. The molecule has 0 aliphatic carbocycles. The Hall–Kier alpha value is -1.62. The number of carbonyl (C=O) groups is 1. The molecule has 5 heteroatoms. The molecular weight excluding hydrogens is 251 g/mol. The summed E-state index contributed by atoms with van der Waals surface area (Å²) in [6.45, 7) is 2.91. The molecule has 1 heterocycles. The highest BCUT2D eigenvalue weighted by Crippen LogP contribution is 2.24. The van der Waals surface area contributed by atoms with Crippen LogP contribution in [0, 0.1) is 5.82 Å². The first-order chi connectivity index (χ1) is 9.22. The zero-order chi connectivity index (χ0) is 13.7. The van der Waals surface area contributed by atoms with E-state index < -0.39 is 11.8 Å². The van der Waals surface area contributed by atoms with Gasteiger partial charge in [0.2, 0.25) is 0 Å². The Kier molecular flexibility index (Phi) is 4.74. The summed E-state index contributed by atoms with van der Waals surface area (Å²) in [4.78, 5) is 11.9. The van der Waals surface area contributed by atoms with Crippen LogP contribution in [-0.4, -0.2) is 31.9 Å². The lowest BCUT2D eigenvalue weighted by atomic mass is 10.2. The Balaban J connectivity index is 2.03. The summed E-state index contributed by atoms with van der Waals surface area (Å²) >= 11 is 0. The lowest BCUT2D eigenvalue weighted by Gasteiger charge is -2.13. The van der Waals surface area contributed by atoms with Gasteiger partial charge in [-0.05, 0) is 31.9 Å². The topological polar surface area (TPSA) is 44.8 Å². The quantitative estimate of drug-likeness (QED) is 0.770. The summed E-state index contributed by atoms with van der Waals surface area (Å²) in [5.74, 6) is -1.20. The second kappa shape index (κ2) is 6.52. The number of ether oxygens (including phenoxy) is 3. The Morgan fingerprint density at radius 2 is 2.37 bits per heavy atom. The zero-order valence-corrected chi connectivity index (χ0v) is 10.9. The maximum absolute atomic E-state index is 13.6. The predicted molar refractivity (Wildman–Crippen MR) is 66.8 cm³/mol. The van der Waals surface area contributed by atoms with Crippen molar-refractivity contribution >= 4 is 5.97 Å². The first kappa shape index (κ1) is 13.8. The SMILES string of the molecule is CCOc1c(F)cccc1C(=O)OC[C@@H]1CCCO1. The number of hydrogen-bond acceptors (Lipinski definition) is 4. The van der Waals surface area contributed by atoms with E-state index in [9.17, 15) is 9.18 Å². The van der Waals surface area contributed by atoms with Gasteiger partial charge in [-0.25, -0.2) is 9.18 Å². The van der Waals surface area contributed by atoms with E-state index in [2.05, 4.69) is 0 Å². The minimum absolute atomic E-state index is 0.0481. The van der Waals surface area contributed by atoms with Crippen molar-refractivity contribution in [1.82, 2.24) is 0 Å². The molecule has 19 heavy (non-hydrogen) atoms. The maximum Gasteiger partial charge on any atom is 0.342 e. The summed E-state index contributed by atoms with van der Waals surface area (Å²) < 4.78 is 29.2. The van der Waals surface area contributed by atoms with Gasteiger partial charge >= 0.3 is 5.97 Å². The Morgan fingerprint density at radius 3 is 3.05 bits per heavy atom. The fourth-order valence-corrected chi connectivity index (χ4v) is 1.98. The van der Waals surface area contributed by atoms with Crippen LogP contribution >= 0.6 is 0 Å². The minimum atomic E-state index is -0.585. The molecule has 0 aromatic heterocycles. The van der Waals surface area contributed by atoms with Gasteiger partial charge in [-0.15, -0.1) is 0 Å². The summed E-state index contributed by atoms with van der Waals surface area (Å²) in [7, 11) is 0. The van der Waals surface area contributed by atoms with Crippen LogP contribution in [0.5, 0.6) is 5.75 Å². The lowest BCUT2D eigenvalue weighted by molar-refractivity contribution is 0.0158. The normalized spacial score (nSPS) is 18.3. The van der Waals surface area contributed by atoms with Crippen LogP contribution in [0.4, 0.5) is 4.39 Å². The maximum atomic E-state index is 13.6. The average Bonchev–Trinajstić information content (AvgIpc) is 2.92. The van der Waals surface area contributed by atoms with Gasteiger partial charge in [0, 0.05) is 6.61 Å². The van der Waals surface area contributed by atoms with Gasteiger partial charge < -0.3 is 14.2 Å². The van der Waals surface area contributed by atoms with Gasteiger partial charge in [0.1, 0.15) is 12.2 Å². The molecule has 1 aromatic carbocycles. The molecule has 1 aromatic rings. The van der Waals surface area contributed by atoms with E-state index in [1.165, 1.54) is 18.2 Å². The molecule has 1 atom stereocenters. The van der Waals surface area contributed by atoms with Crippen LogP contribution in [0.2, 0.25) is 0 Å². The highest BCUT2D eigenvalue weighted by Gasteiger charge is 2.21. The van der Waals surface area contributed by atoms with E-state index in [4.69, 9.17) is 14.2 Å². The monoisotopic (exact) mass is 268 g/mol. The Labute approximate surface area is 111 Å². The fraction of sp³-hybridized carbons (Fsp3) is 0.500. The molecule has 1 saturated heterocycles. The summed E-state index contributed by atoms with van der Waals surface area (Å²) in [5, 5.41) is 0. The Bertz CT molecular complexity index is 441. The lowest BCUT2D eigenvalue weighted by Crippen LogP contribution is -2.18. The van der Waals surface area contributed by atoms with E-state index in [1.54, 1.807) is 6.92 Å². The van der Waals surface area contributed by atoms with Crippen molar-refractivity contribution in [2.75, 3.05) is 19.8 Å². The third kappa shape index (κ3) is 3.44. The Morgan fingerprint density at radius 1 is 1.53 bits per heavy atom. The average molecular weight is 268 g/mol. The van der Waals surface area contributed by atoms with E-state index in [1.807, 2.05) is 0 Å². The minimum Gasteiger partial charge on any atom is -0.490 e. The molecule has 0 amide bonds. The molecule has 1 fully saturated rings. The van der Waals surface area contributed by atoms with Crippen LogP contribution in [-0.2, 0) is 9.47 Å². The molecule has 0 spiro atoms. The molecule has 0 unspecified atom stereocenters. The van der Waals surface area contributed by atoms with Gasteiger partial charge in [0.15, 0.2) is 11.6 Å². The molecule has 4 nitrogen and oxygen atoms in total. The van der Waals surface area contributed by atoms with Gasteiger partial charge in [0.05, 0.1) is 12.7 Å². The molecule has 1 aliphatic rings. The molecular formula is C14H17FO4.